The first-order valence-corrected chi connectivity index (χ1v) is 8.69. The summed E-state index contributed by atoms with van der Waals surface area (Å²) < 4.78 is 5.13. The number of amides is 1. The van der Waals surface area contributed by atoms with Crippen LogP contribution in [0.15, 0.2) is 16.3 Å². The lowest BCUT2D eigenvalue weighted by Gasteiger charge is -2.21. The van der Waals surface area contributed by atoms with Crippen molar-refractivity contribution >= 4 is 17.2 Å². The fourth-order valence-corrected chi connectivity index (χ4v) is 3.91. The Bertz CT molecular complexity index is 681. The van der Waals surface area contributed by atoms with Gasteiger partial charge in [-0.15, -0.1) is 11.3 Å². The minimum absolute atomic E-state index is 0.0142. The summed E-state index contributed by atoms with van der Waals surface area (Å²) in [5.74, 6) is 1.08. The third kappa shape index (κ3) is 3.61. The molecule has 3 rings (SSSR count). The molecule has 0 spiro atoms. The number of aryl methyl sites for hydroxylation is 2. The molecule has 1 saturated heterocycles. The molecule has 0 unspecified atom stereocenters. The lowest BCUT2D eigenvalue weighted by atomic mass is 10.1. The van der Waals surface area contributed by atoms with Gasteiger partial charge in [-0.05, 0) is 33.2 Å². The van der Waals surface area contributed by atoms with E-state index in [1.807, 2.05) is 10.4 Å². The van der Waals surface area contributed by atoms with Gasteiger partial charge in [0.1, 0.15) is 5.76 Å². The van der Waals surface area contributed by atoms with Gasteiger partial charge in [-0.25, -0.2) is 9.97 Å². The molecule has 2 aromatic heterocycles. The van der Waals surface area contributed by atoms with Gasteiger partial charge in [0, 0.05) is 31.1 Å². The molecule has 7 heteroatoms. The van der Waals surface area contributed by atoms with E-state index in [9.17, 15) is 4.79 Å². The number of likely N-dealkylation sites (tertiary alicyclic amines) is 1. The van der Waals surface area contributed by atoms with E-state index in [0.29, 0.717) is 17.4 Å². The summed E-state index contributed by atoms with van der Waals surface area (Å²) in [5, 5.41) is 0. The van der Waals surface area contributed by atoms with Crippen molar-refractivity contribution in [2.24, 2.45) is 5.92 Å². The average molecular weight is 334 g/mol. The van der Waals surface area contributed by atoms with E-state index in [4.69, 9.17) is 4.42 Å². The summed E-state index contributed by atoms with van der Waals surface area (Å²) in [4.78, 5) is 26.3. The lowest BCUT2D eigenvalue weighted by molar-refractivity contribution is 0.0777. The van der Waals surface area contributed by atoms with Crippen molar-refractivity contribution in [2.75, 3.05) is 26.7 Å². The minimum atomic E-state index is -0.0142. The van der Waals surface area contributed by atoms with Crippen molar-refractivity contribution < 1.29 is 9.21 Å². The highest BCUT2D eigenvalue weighted by Crippen LogP contribution is 2.22. The Hall–Kier alpha value is -1.73. The zero-order valence-corrected chi connectivity index (χ0v) is 14.6. The smallest absolute Gasteiger partial charge is 0.276 e. The van der Waals surface area contributed by atoms with E-state index in [1.54, 1.807) is 18.3 Å². The monoisotopic (exact) mass is 334 g/mol. The number of hydrogen-bond acceptors (Lipinski definition) is 6. The highest BCUT2D eigenvalue weighted by molar-refractivity contribution is 7.09. The maximum absolute atomic E-state index is 12.4. The second-order valence-electron chi connectivity index (χ2n) is 6.22. The summed E-state index contributed by atoms with van der Waals surface area (Å²) in [5.41, 5.74) is 3.46. The van der Waals surface area contributed by atoms with Crippen LogP contribution in [0.5, 0.6) is 0 Å². The maximum Gasteiger partial charge on any atom is 0.276 e. The molecular formula is C16H22N4O2S. The topological polar surface area (TPSA) is 62.5 Å². The predicted molar refractivity (Wildman–Crippen MR) is 88.4 cm³/mol. The summed E-state index contributed by atoms with van der Waals surface area (Å²) in [6.45, 7) is 7.32. The van der Waals surface area contributed by atoms with Crippen LogP contribution < -0.4 is 0 Å². The molecule has 6 nitrogen and oxygen atoms in total. The zero-order valence-electron chi connectivity index (χ0n) is 13.8. The first-order valence-electron chi connectivity index (χ1n) is 7.81. The first kappa shape index (κ1) is 16.1. The predicted octanol–water partition coefficient (Wildman–Crippen LogP) is 2.34. The third-order valence-electron chi connectivity index (χ3n) is 4.35. The molecular weight excluding hydrogens is 312 g/mol. The summed E-state index contributed by atoms with van der Waals surface area (Å²) in [6.07, 6.45) is 2.37. The van der Waals surface area contributed by atoms with E-state index in [2.05, 4.69) is 28.8 Å². The van der Waals surface area contributed by atoms with E-state index in [0.717, 1.165) is 38.3 Å². The van der Waals surface area contributed by atoms with Gasteiger partial charge in [-0.1, -0.05) is 0 Å². The average Bonchev–Trinajstić information content (AvgIpc) is 3.22. The standard InChI is InChI=1S/C16H22N4O2S/c1-11-14(23-10-18-11)8-19(3)6-13-4-5-20(7-13)16(21)15-12(2)22-9-17-15/h9-10,13H,4-8H2,1-3H3/t13-/m0/s1. The van der Waals surface area contributed by atoms with Gasteiger partial charge < -0.3 is 14.2 Å². The van der Waals surface area contributed by atoms with Crippen molar-refractivity contribution in [2.45, 2.75) is 26.8 Å². The molecule has 2 aromatic rings. The van der Waals surface area contributed by atoms with Crippen LogP contribution in [-0.4, -0.2) is 52.4 Å². The Labute approximate surface area is 140 Å². The van der Waals surface area contributed by atoms with Crippen LogP contribution in [0.4, 0.5) is 0 Å². The third-order valence-corrected chi connectivity index (χ3v) is 5.27. The van der Waals surface area contributed by atoms with Crippen molar-refractivity contribution in [3.63, 3.8) is 0 Å². The highest BCUT2D eigenvalue weighted by atomic mass is 32.1. The number of carbonyl (C=O) groups is 1. The molecule has 124 valence electrons. The quantitative estimate of drug-likeness (QED) is 0.840. The number of aromatic nitrogens is 2. The highest BCUT2D eigenvalue weighted by Gasteiger charge is 2.29. The van der Waals surface area contributed by atoms with Crippen LogP contribution in [0.2, 0.25) is 0 Å². The second-order valence-corrected chi connectivity index (χ2v) is 7.16. The number of hydrogen-bond donors (Lipinski definition) is 0. The van der Waals surface area contributed by atoms with Gasteiger partial charge in [-0.2, -0.15) is 0 Å². The molecule has 0 aliphatic carbocycles. The van der Waals surface area contributed by atoms with E-state index in [-0.39, 0.29) is 5.91 Å². The van der Waals surface area contributed by atoms with E-state index >= 15 is 0 Å². The van der Waals surface area contributed by atoms with Crippen LogP contribution in [0.1, 0.15) is 33.2 Å². The SMILES string of the molecule is Cc1ncsc1CN(C)C[C@@H]1CCN(C(=O)c2ncoc2C)C1. The van der Waals surface area contributed by atoms with Crippen molar-refractivity contribution in [1.82, 2.24) is 19.8 Å². The molecule has 1 amide bonds. The number of carbonyl (C=O) groups excluding carboxylic acids is 1. The Kier molecular flexibility index (Phi) is 4.77. The summed E-state index contributed by atoms with van der Waals surface area (Å²) >= 11 is 1.71. The van der Waals surface area contributed by atoms with E-state index in [1.165, 1.54) is 11.3 Å². The molecule has 0 saturated carbocycles. The number of rotatable bonds is 5. The Balaban J connectivity index is 1.53. The Morgan fingerprint density at radius 2 is 2.30 bits per heavy atom. The molecule has 1 atom stereocenters. The molecule has 0 bridgehead atoms. The van der Waals surface area contributed by atoms with Crippen molar-refractivity contribution in [3.05, 3.63) is 33.9 Å². The fraction of sp³-hybridized carbons (Fsp3) is 0.562. The molecule has 1 aliphatic heterocycles. The van der Waals surface area contributed by atoms with Gasteiger partial charge in [0.2, 0.25) is 0 Å². The Morgan fingerprint density at radius 3 is 2.96 bits per heavy atom. The van der Waals surface area contributed by atoms with Crippen molar-refractivity contribution in [1.29, 1.82) is 0 Å². The van der Waals surface area contributed by atoms with Crippen LogP contribution in [0.25, 0.3) is 0 Å². The first-order chi connectivity index (χ1) is 11.0. The number of thiazole rings is 1. The fourth-order valence-electron chi connectivity index (χ4n) is 3.06. The lowest BCUT2D eigenvalue weighted by Crippen LogP contribution is -2.32. The van der Waals surface area contributed by atoms with Crippen LogP contribution in [0.3, 0.4) is 0 Å². The summed E-state index contributed by atoms with van der Waals surface area (Å²) in [6, 6.07) is 0. The number of nitrogens with zero attached hydrogens (tertiary/aromatic N) is 4. The minimum Gasteiger partial charge on any atom is -0.448 e. The van der Waals surface area contributed by atoms with Crippen LogP contribution in [-0.2, 0) is 6.54 Å². The van der Waals surface area contributed by atoms with Gasteiger partial charge in [0.05, 0.1) is 11.2 Å². The normalized spacial score (nSPS) is 18.1. The van der Waals surface area contributed by atoms with Crippen molar-refractivity contribution in [3.8, 4) is 0 Å². The molecule has 1 fully saturated rings. The van der Waals surface area contributed by atoms with Crippen LogP contribution >= 0.6 is 11.3 Å². The maximum atomic E-state index is 12.4. The molecule has 3 heterocycles. The largest absolute Gasteiger partial charge is 0.448 e. The van der Waals surface area contributed by atoms with Gasteiger partial charge in [-0.3, -0.25) is 4.79 Å². The van der Waals surface area contributed by atoms with Gasteiger partial charge in [0.25, 0.3) is 5.91 Å². The second kappa shape index (κ2) is 6.80. The van der Waals surface area contributed by atoms with Crippen LogP contribution in [0, 0.1) is 19.8 Å². The Morgan fingerprint density at radius 1 is 1.48 bits per heavy atom. The molecule has 1 aliphatic rings. The van der Waals surface area contributed by atoms with Gasteiger partial charge >= 0.3 is 0 Å². The number of oxazole rings is 1. The molecule has 0 radical (unpaired) electrons. The van der Waals surface area contributed by atoms with Gasteiger partial charge in [0.15, 0.2) is 12.1 Å². The molecule has 0 aromatic carbocycles. The summed E-state index contributed by atoms with van der Waals surface area (Å²) in [7, 11) is 2.13. The molecule has 0 N–H and O–H groups in total. The van der Waals surface area contributed by atoms with E-state index < -0.39 is 0 Å². The molecule has 23 heavy (non-hydrogen) atoms. The zero-order chi connectivity index (χ0) is 16.4.